The monoisotopic (exact) mass is 511 g/mol. The van der Waals surface area contributed by atoms with Crippen molar-refractivity contribution in [2.45, 2.75) is 13.8 Å². The van der Waals surface area contributed by atoms with E-state index in [9.17, 15) is 24.5 Å². The zero-order valence-electron chi connectivity index (χ0n) is 18.5. The van der Waals surface area contributed by atoms with Crippen molar-refractivity contribution >= 4 is 57.9 Å². The summed E-state index contributed by atoms with van der Waals surface area (Å²) in [4.78, 5) is 49.3. The largest absolute Gasteiger partial charge is 0.456 e. The van der Waals surface area contributed by atoms with Crippen molar-refractivity contribution in [3.63, 3.8) is 0 Å². The van der Waals surface area contributed by atoms with E-state index in [1.54, 1.807) is 12.1 Å². The summed E-state index contributed by atoms with van der Waals surface area (Å²) in [6, 6.07) is 12.6. The van der Waals surface area contributed by atoms with Crippen LogP contribution in [0, 0.1) is 24.0 Å². The summed E-state index contributed by atoms with van der Waals surface area (Å²) in [6.45, 7) is 3.43. The van der Waals surface area contributed by atoms with Crippen molar-refractivity contribution in [3.05, 3.63) is 85.5 Å². The van der Waals surface area contributed by atoms with E-state index in [0.29, 0.717) is 17.4 Å². The van der Waals surface area contributed by atoms with Crippen molar-refractivity contribution in [1.29, 1.82) is 0 Å². The highest BCUT2D eigenvalue weighted by Crippen LogP contribution is 2.36. The summed E-state index contributed by atoms with van der Waals surface area (Å²) in [5.41, 5.74) is 2.63. The molecule has 1 aliphatic heterocycles. The number of imide groups is 1. The molecule has 3 amide bonds. The third-order valence-corrected chi connectivity index (χ3v) is 6.43. The number of thioether (sulfide) groups is 1. The second-order valence-electron chi connectivity index (χ2n) is 7.74. The highest BCUT2D eigenvalue weighted by molar-refractivity contribution is 8.18. The zero-order chi connectivity index (χ0) is 25.3. The van der Waals surface area contributed by atoms with Crippen LogP contribution < -0.4 is 5.32 Å². The van der Waals surface area contributed by atoms with Gasteiger partial charge in [0.1, 0.15) is 18.1 Å². The number of halogens is 1. The molecule has 3 aromatic rings. The Morgan fingerprint density at radius 2 is 1.91 bits per heavy atom. The quantitative estimate of drug-likeness (QED) is 0.252. The summed E-state index contributed by atoms with van der Waals surface area (Å²) in [6.07, 6.45) is 1.36. The van der Waals surface area contributed by atoms with E-state index < -0.39 is 28.5 Å². The molecule has 11 heteroatoms. The molecule has 0 atom stereocenters. The predicted octanol–water partition coefficient (Wildman–Crippen LogP) is 5.80. The number of carbonyl (C=O) groups excluding carboxylic acids is 3. The van der Waals surface area contributed by atoms with E-state index in [1.807, 2.05) is 19.9 Å². The van der Waals surface area contributed by atoms with E-state index in [2.05, 4.69) is 5.32 Å². The third-order valence-electron chi connectivity index (χ3n) is 5.29. The van der Waals surface area contributed by atoms with Gasteiger partial charge in [0, 0.05) is 22.9 Å². The number of aryl methyl sites for hydroxylation is 2. The fourth-order valence-electron chi connectivity index (χ4n) is 3.37. The molecule has 0 unspecified atom stereocenters. The van der Waals surface area contributed by atoms with Crippen LogP contribution in [-0.2, 0) is 9.59 Å². The van der Waals surface area contributed by atoms with Crippen molar-refractivity contribution in [2.24, 2.45) is 0 Å². The zero-order valence-corrected chi connectivity index (χ0v) is 20.1. The van der Waals surface area contributed by atoms with Crippen LogP contribution >= 0.6 is 23.4 Å². The van der Waals surface area contributed by atoms with Gasteiger partial charge in [0.15, 0.2) is 0 Å². The molecule has 4 rings (SSSR count). The van der Waals surface area contributed by atoms with Gasteiger partial charge in [-0.2, -0.15) is 0 Å². The number of furan rings is 1. The van der Waals surface area contributed by atoms with Gasteiger partial charge in [0.25, 0.3) is 16.8 Å². The molecule has 1 N–H and O–H groups in total. The molecule has 9 nitrogen and oxygen atoms in total. The molecule has 2 aromatic carbocycles. The predicted molar refractivity (Wildman–Crippen MR) is 133 cm³/mol. The van der Waals surface area contributed by atoms with Crippen molar-refractivity contribution in [2.75, 3.05) is 11.9 Å². The molecule has 1 fully saturated rings. The highest BCUT2D eigenvalue weighted by Gasteiger charge is 2.36. The molecule has 0 spiro atoms. The van der Waals surface area contributed by atoms with E-state index in [1.165, 1.54) is 36.4 Å². The Morgan fingerprint density at radius 1 is 1.14 bits per heavy atom. The topological polar surface area (TPSA) is 123 Å². The van der Waals surface area contributed by atoms with Gasteiger partial charge in [-0.3, -0.25) is 29.4 Å². The average Bonchev–Trinajstić information content (AvgIpc) is 3.36. The first-order valence-corrected chi connectivity index (χ1v) is 11.5. The Hall–Kier alpha value is -3.89. The van der Waals surface area contributed by atoms with E-state index in [0.717, 1.165) is 16.0 Å². The smallest absolute Gasteiger partial charge is 0.294 e. The number of hydrogen-bond acceptors (Lipinski definition) is 7. The number of nitrogens with zero attached hydrogens (tertiary/aromatic N) is 2. The summed E-state index contributed by atoms with van der Waals surface area (Å²) >= 11 is 6.53. The first kappa shape index (κ1) is 24.2. The molecule has 0 saturated carbocycles. The maximum absolute atomic E-state index is 12.8. The van der Waals surface area contributed by atoms with Crippen LogP contribution in [0.4, 0.5) is 16.2 Å². The van der Waals surface area contributed by atoms with E-state index in [-0.39, 0.29) is 32.7 Å². The second-order valence-corrected chi connectivity index (χ2v) is 9.17. The van der Waals surface area contributed by atoms with Gasteiger partial charge < -0.3 is 9.73 Å². The normalized spacial score (nSPS) is 14.6. The van der Waals surface area contributed by atoms with Crippen molar-refractivity contribution < 1.29 is 23.7 Å². The Kier molecular flexibility index (Phi) is 6.77. The fraction of sp³-hybridized carbons (Fsp3) is 0.125. The number of amides is 3. The molecule has 0 bridgehead atoms. The highest BCUT2D eigenvalue weighted by atomic mass is 35.5. The van der Waals surface area contributed by atoms with Crippen LogP contribution in [0.2, 0.25) is 5.02 Å². The van der Waals surface area contributed by atoms with Crippen LogP contribution in [0.25, 0.3) is 17.4 Å². The maximum Gasteiger partial charge on any atom is 0.294 e. The summed E-state index contributed by atoms with van der Waals surface area (Å²) in [5.74, 6) is -0.723. The molecule has 1 aromatic heterocycles. The number of anilines is 1. The van der Waals surface area contributed by atoms with Gasteiger partial charge in [0.05, 0.1) is 15.4 Å². The number of rotatable bonds is 6. The summed E-state index contributed by atoms with van der Waals surface area (Å²) in [5, 5.41) is 13.7. The molecule has 2 heterocycles. The molecule has 1 aliphatic rings. The van der Waals surface area contributed by atoms with E-state index in [4.69, 9.17) is 16.0 Å². The number of benzene rings is 2. The second kappa shape index (κ2) is 9.77. The van der Waals surface area contributed by atoms with Gasteiger partial charge in [-0.05, 0) is 73.1 Å². The van der Waals surface area contributed by atoms with Crippen molar-refractivity contribution in [3.8, 4) is 11.3 Å². The van der Waals surface area contributed by atoms with E-state index >= 15 is 0 Å². The lowest BCUT2D eigenvalue weighted by Crippen LogP contribution is -2.36. The molecule has 178 valence electrons. The lowest BCUT2D eigenvalue weighted by atomic mass is 10.1. The third kappa shape index (κ3) is 5.28. The summed E-state index contributed by atoms with van der Waals surface area (Å²) < 4.78 is 5.66. The fourth-order valence-corrected chi connectivity index (χ4v) is 4.35. The number of hydrogen-bond donors (Lipinski definition) is 1. The Labute approximate surface area is 208 Å². The number of carbonyl (C=O) groups is 3. The van der Waals surface area contributed by atoms with Crippen molar-refractivity contribution in [1.82, 2.24) is 4.90 Å². The molecule has 1 saturated heterocycles. The minimum Gasteiger partial charge on any atom is -0.456 e. The number of nitro groups is 1. The molecule has 0 radical (unpaired) electrons. The average molecular weight is 512 g/mol. The van der Waals surface area contributed by atoms with Crippen LogP contribution in [0.15, 0.2) is 57.9 Å². The molecule has 0 aliphatic carbocycles. The SMILES string of the molecule is Cc1ccc(NC(=O)CN2C(=O)S/C(=C/c3ccc(-c4ccc(Cl)cc4[N+](=O)[O-])o3)C2=O)cc1C. The first-order valence-electron chi connectivity index (χ1n) is 10.3. The lowest BCUT2D eigenvalue weighted by Gasteiger charge is -2.13. The van der Waals surface area contributed by atoms with Crippen LogP contribution in [0.1, 0.15) is 16.9 Å². The van der Waals surface area contributed by atoms with Crippen LogP contribution in [-0.4, -0.2) is 33.4 Å². The maximum atomic E-state index is 12.8. The number of nitro benzene ring substituents is 1. The van der Waals surface area contributed by atoms with Gasteiger partial charge >= 0.3 is 0 Å². The minimum atomic E-state index is -0.634. The Bertz CT molecular complexity index is 1410. The van der Waals surface area contributed by atoms with Crippen LogP contribution in [0.3, 0.4) is 0 Å². The van der Waals surface area contributed by atoms with Crippen LogP contribution in [0.5, 0.6) is 0 Å². The molecular weight excluding hydrogens is 494 g/mol. The molecule has 35 heavy (non-hydrogen) atoms. The standard InChI is InChI=1S/C24H18ClN3O6S/c1-13-3-5-16(9-14(13)2)26-22(29)12-27-23(30)21(35-24(27)31)11-17-6-8-20(34-17)18-7-4-15(25)10-19(18)28(32)33/h3-11H,12H2,1-2H3,(H,26,29)/b21-11+. The van der Waals surface area contributed by atoms with Gasteiger partial charge in [-0.25, -0.2) is 0 Å². The lowest BCUT2D eigenvalue weighted by molar-refractivity contribution is -0.384. The minimum absolute atomic E-state index is 0.0699. The first-order chi connectivity index (χ1) is 16.6. The number of nitrogens with one attached hydrogen (secondary N) is 1. The molecular formula is C24H18ClN3O6S. The van der Waals surface area contributed by atoms with Gasteiger partial charge in [0.2, 0.25) is 5.91 Å². The Morgan fingerprint density at radius 3 is 2.63 bits per heavy atom. The van der Waals surface area contributed by atoms with Gasteiger partial charge in [-0.15, -0.1) is 0 Å². The Balaban J connectivity index is 1.49. The van der Waals surface area contributed by atoms with Gasteiger partial charge in [-0.1, -0.05) is 17.7 Å². The summed E-state index contributed by atoms with van der Waals surface area (Å²) in [7, 11) is 0.